The predicted octanol–water partition coefficient (Wildman–Crippen LogP) is 5.04. The van der Waals surface area contributed by atoms with E-state index in [1.165, 1.54) is 25.3 Å². The molecule has 0 spiro atoms. The molecule has 0 atom stereocenters. The normalized spacial score (nSPS) is 12.4. The third kappa shape index (κ3) is 4.60. The zero-order valence-corrected chi connectivity index (χ0v) is 14.9. The van der Waals surface area contributed by atoms with Crippen molar-refractivity contribution in [1.29, 1.82) is 0 Å². The van der Waals surface area contributed by atoms with E-state index in [0.29, 0.717) is 29.9 Å². The summed E-state index contributed by atoms with van der Waals surface area (Å²) in [4.78, 5) is 14.7. The molecule has 1 fully saturated rings. The molecule has 4 rings (SSSR count). The van der Waals surface area contributed by atoms with Gasteiger partial charge in [0.1, 0.15) is 11.5 Å². The number of hydrogen-bond acceptors (Lipinski definition) is 3. The highest BCUT2D eigenvalue weighted by molar-refractivity contribution is 7.94. The van der Waals surface area contributed by atoms with Crippen LogP contribution in [0.25, 0.3) is 16.8 Å². The van der Waals surface area contributed by atoms with Gasteiger partial charge in [-0.1, -0.05) is 31.4 Å². The molecule has 4 nitrogen and oxygen atoms in total. The zero-order valence-electron chi connectivity index (χ0n) is 14.1. The van der Waals surface area contributed by atoms with Gasteiger partial charge < -0.3 is 9.72 Å². The Bertz CT molecular complexity index is 893. The number of benzene rings is 1. The minimum atomic E-state index is -0.342. The summed E-state index contributed by atoms with van der Waals surface area (Å²) >= 11 is 0.197. The molecule has 0 aliphatic heterocycles. The van der Waals surface area contributed by atoms with Crippen molar-refractivity contribution in [3.63, 3.8) is 0 Å². The molecule has 2 heterocycles. The summed E-state index contributed by atoms with van der Waals surface area (Å²) < 4.78 is 28.2. The minimum Gasteiger partial charge on any atom is -0.312 e. The second-order valence-corrected chi connectivity index (χ2v) is 6.59. The fourth-order valence-electron chi connectivity index (χ4n) is 2.50. The van der Waals surface area contributed by atoms with E-state index in [4.69, 9.17) is 0 Å². The molecule has 0 unspecified atom stereocenters. The minimum absolute atomic E-state index is 0.197. The van der Waals surface area contributed by atoms with Crippen molar-refractivity contribution in [2.45, 2.75) is 25.7 Å². The van der Waals surface area contributed by atoms with Crippen molar-refractivity contribution in [3.8, 4) is 11.1 Å². The second-order valence-electron chi connectivity index (χ2n) is 5.96. The molecule has 0 radical (unpaired) electrons. The molecule has 136 valence electrons. The molecule has 1 N–H and O–H groups in total. The fraction of sp³-hybridized carbons (Fsp3) is 0.263. The highest BCUT2D eigenvalue weighted by Crippen LogP contribution is 2.28. The van der Waals surface area contributed by atoms with Gasteiger partial charge in [-0.15, -0.1) is 0 Å². The number of anilines is 1. The number of halogens is 2. The van der Waals surface area contributed by atoms with Crippen LogP contribution in [0.1, 0.15) is 24.8 Å². The van der Waals surface area contributed by atoms with Gasteiger partial charge in [0.15, 0.2) is 5.82 Å². The molecule has 1 saturated carbocycles. The smallest absolute Gasteiger partial charge is 0.212 e. The van der Waals surface area contributed by atoms with Crippen LogP contribution in [0.2, 0.25) is 0 Å². The van der Waals surface area contributed by atoms with E-state index in [9.17, 15) is 13.1 Å². The van der Waals surface area contributed by atoms with Gasteiger partial charge in [-0.25, -0.2) is 9.37 Å². The number of carbonyl (C=O) groups is 1. The first-order valence-electron chi connectivity index (χ1n) is 8.43. The molecule has 0 saturated heterocycles. The Morgan fingerprint density at radius 2 is 2.00 bits per heavy atom. The van der Waals surface area contributed by atoms with E-state index in [1.807, 2.05) is 12.1 Å². The van der Waals surface area contributed by atoms with Crippen LogP contribution in [0, 0.1) is 5.82 Å². The van der Waals surface area contributed by atoms with E-state index in [-0.39, 0.29) is 23.7 Å². The number of nitrogens with one attached hydrogen (secondary N) is 1. The van der Waals surface area contributed by atoms with Crippen molar-refractivity contribution in [2.75, 3.05) is 11.1 Å². The second kappa shape index (κ2) is 8.80. The number of imidazole rings is 1. The van der Waals surface area contributed by atoms with Gasteiger partial charge >= 0.3 is 0 Å². The Hall–Kier alpha value is -2.41. The maximum absolute atomic E-state index is 14.1. The van der Waals surface area contributed by atoms with E-state index in [1.54, 1.807) is 28.9 Å². The van der Waals surface area contributed by atoms with Crippen LogP contribution in [0.15, 0.2) is 42.7 Å². The number of pyridine rings is 1. The Kier molecular flexibility index (Phi) is 6.22. The van der Waals surface area contributed by atoms with Gasteiger partial charge in [0.2, 0.25) is 6.41 Å². The standard InChI is InChI=1S/C16H13F2N3OS.C3H6/c17-14-3-1-2-12(13(14)6-7-23-18)11-4-5-16-20-15(19-10-22)9-21(16)8-11;1-2-3-1/h1-5,8-10H,6-7H2,(H,19,22);1-3H2. The highest BCUT2D eigenvalue weighted by atomic mass is 32.2. The van der Waals surface area contributed by atoms with Crippen molar-refractivity contribution >= 4 is 30.0 Å². The SMILES string of the molecule is C1CC1.O=CNc1cn2cc(-c3cccc(F)c3CCSF)ccc2n1. The van der Waals surface area contributed by atoms with Gasteiger partial charge in [-0.3, -0.25) is 4.79 Å². The van der Waals surface area contributed by atoms with Crippen molar-refractivity contribution < 1.29 is 13.1 Å². The summed E-state index contributed by atoms with van der Waals surface area (Å²) in [5, 5.41) is 2.49. The zero-order chi connectivity index (χ0) is 18.4. The molecular formula is C19H19F2N3OS. The first-order chi connectivity index (χ1) is 12.7. The molecule has 7 heteroatoms. The number of aromatic nitrogens is 2. The van der Waals surface area contributed by atoms with E-state index >= 15 is 0 Å². The average molecular weight is 375 g/mol. The summed E-state index contributed by atoms with van der Waals surface area (Å²) in [6.45, 7) is 0. The molecule has 1 aromatic carbocycles. The number of nitrogens with zero attached hydrogens (tertiary/aromatic N) is 2. The van der Waals surface area contributed by atoms with Gasteiger partial charge in [0, 0.05) is 24.1 Å². The quantitative estimate of drug-likeness (QED) is 0.614. The van der Waals surface area contributed by atoms with Crippen LogP contribution >= 0.6 is 12.1 Å². The van der Waals surface area contributed by atoms with E-state index in [0.717, 1.165) is 11.1 Å². The van der Waals surface area contributed by atoms with Gasteiger partial charge in [0.25, 0.3) is 0 Å². The van der Waals surface area contributed by atoms with Gasteiger partial charge in [0.05, 0.1) is 6.20 Å². The lowest BCUT2D eigenvalue weighted by Crippen LogP contribution is -1.97. The maximum atomic E-state index is 14.1. The Morgan fingerprint density at radius 3 is 2.69 bits per heavy atom. The average Bonchev–Trinajstić information content (AvgIpc) is 3.47. The third-order valence-electron chi connectivity index (χ3n) is 3.87. The van der Waals surface area contributed by atoms with Crippen molar-refractivity contribution in [3.05, 3.63) is 54.1 Å². The van der Waals surface area contributed by atoms with Crippen LogP contribution < -0.4 is 5.32 Å². The molecule has 0 bridgehead atoms. The van der Waals surface area contributed by atoms with E-state index in [2.05, 4.69) is 10.3 Å². The summed E-state index contributed by atoms with van der Waals surface area (Å²) in [6, 6.07) is 8.43. The van der Waals surface area contributed by atoms with Crippen LogP contribution in [-0.2, 0) is 11.2 Å². The largest absolute Gasteiger partial charge is 0.312 e. The monoisotopic (exact) mass is 375 g/mol. The molecule has 1 aliphatic carbocycles. The third-order valence-corrected chi connectivity index (χ3v) is 4.23. The molecule has 1 aliphatic rings. The molecule has 1 amide bonds. The van der Waals surface area contributed by atoms with Crippen LogP contribution in [0.3, 0.4) is 0 Å². The predicted molar refractivity (Wildman–Crippen MR) is 101 cm³/mol. The van der Waals surface area contributed by atoms with Crippen molar-refractivity contribution in [2.24, 2.45) is 0 Å². The molecule has 3 aromatic rings. The van der Waals surface area contributed by atoms with Gasteiger partial charge in [-0.2, -0.15) is 3.89 Å². The first-order valence-corrected chi connectivity index (χ1v) is 9.32. The number of fused-ring (bicyclic) bond motifs is 1. The Morgan fingerprint density at radius 1 is 1.19 bits per heavy atom. The van der Waals surface area contributed by atoms with E-state index < -0.39 is 0 Å². The lowest BCUT2D eigenvalue weighted by Gasteiger charge is -2.10. The molecule has 26 heavy (non-hydrogen) atoms. The summed E-state index contributed by atoms with van der Waals surface area (Å²) in [5.41, 5.74) is 2.67. The number of carbonyl (C=O) groups excluding carboxylic acids is 1. The summed E-state index contributed by atoms with van der Waals surface area (Å²) in [6.07, 6.45) is 8.84. The first kappa shape index (κ1) is 18.4. The van der Waals surface area contributed by atoms with Crippen molar-refractivity contribution in [1.82, 2.24) is 9.38 Å². The highest BCUT2D eigenvalue weighted by Gasteiger charge is 2.11. The topological polar surface area (TPSA) is 46.4 Å². The Balaban J connectivity index is 0.000000592. The van der Waals surface area contributed by atoms with Crippen LogP contribution in [-0.4, -0.2) is 21.5 Å². The Labute approximate surface area is 154 Å². The number of hydrogen-bond donors (Lipinski definition) is 1. The molecule has 2 aromatic heterocycles. The molecular weight excluding hydrogens is 356 g/mol. The lowest BCUT2D eigenvalue weighted by molar-refractivity contribution is -0.105. The lowest BCUT2D eigenvalue weighted by atomic mass is 9.99. The number of amides is 1. The summed E-state index contributed by atoms with van der Waals surface area (Å²) in [7, 11) is 0. The van der Waals surface area contributed by atoms with Crippen LogP contribution in [0.4, 0.5) is 14.1 Å². The van der Waals surface area contributed by atoms with Gasteiger partial charge in [-0.05, 0) is 41.3 Å². The number of rotatable bonds is 6. The van der Waals surface area contributed by atoms with Crippen LogP contribution in [0.5, 0.6) is 0 Å². The summed E-state index contributed by atoms with van der Waals surface area (Å²) in [5.74, 6) is 0.297. The fourth-order valence-corrected chi connectivity index (χ4v) is 2.79. The maximum Gasteiger partial charge on any atom is 0.212 e.